The van der Waals surface area contributed by atoms with Crippen molar-refractivity contribution in [3.05, 3.63) is 99.6 Å². The zero-order valence-electron chi connectivity index (χ0n) is 21.0. The number of thiazole rings is 1. The van der Waals surface area contributed by atoms with Gasteiger partial charge in [-0.05, 0) is 61.6 Å². The minimum atomic E-state index is -0.782. The summed E-state index contributed by atoms with van der Waals surface area (Å²) in [6.45, 7) is 10.0. The Labute approximate surface area is 214 Å². The van der Waals surface area contributed by atoms with Crippen LogP contribution in [0.1, 0.15) is 59.2 Å². The lowest BCUT2D eigenvalue weighted by Crippen LogP contribution is -2.29. The van der Waals surface area contributed by atoms with Gasteiger partial charge < -0.3 is 5.11 Å². The molecule has 1 atom stereocenters. The second kappa shape index (κ2) is 9.03. The maximum absolute atomic E-state index is 13.5. The van der Waals surface area contributed by atoms with Crippen LogP contribution in [-0.4, -0.2) is 21.8 Å². The molecule has 0 bridgehead atoms. The maximum Gasteiger partial charge on any atom is 0.301 e. The molecule has 0 spiro atoms. The molecule has 1 aliphatic rings. The van der Waals surface area contributed by atoms with Gasteiger partial charge in [0.05, 0.1) is 21.8 Å². The van der Waals surface area contributed by atoms with Crippen molar-refractivity contribution < 1.29 is 14.7 Å². The monoisotopic (exact) mass is 496 g/mol. The molecule has 0 radical (unpaired) electrons. The highest BCUT2D eigenvalue weighted by Crippen LogP contribution is 2.45. The SMILES string of the molecule is Cc1cccc(C2/C(=C(\O)c3cc(C)ccc3C)C(=O)C(=O)N2c2nc3ccc(C(C)C)cc3s2)c1. The zero-order chi connectivity index (χ0) is 25.7. The number of anilines is 1. The van der Waals surface area contributed by atoms with E-state index >= 15 is 0 Å². The summed E-state index contributed by atoms with van der Waals surface area (Å²) in [4.78, 5) is 33.2. The first-order valence-electron chi connectivity index (χ1n) is 12.0. The number of aryl methyl sites for hydroxylation is 3. The topological polar surface area (TPSA) is 70.5 Å². The molecule has 4 aromatic rings. The number of fused-ring (bicyclic) bond motifs is 1. The van der Waals surface area contributed by atoms with E-state index in [1.54, 1.807) is 0 Å². The minimum Gasteiger partial charge on any atom is -0.507 e. The number of amides is 1. The predicted molar refractivity (Wildman–Crippen MR) is 146 cm³/mol. The number of aromatic nitrogens is 1. The summed E-state index contributed by atoms with van der Waals surface area (Å²) in [6.07, 6.45) is 0. The van der Waals surface area contributed by atoms with Gasteiger partial charge in [-0.2, -0.15) is 0 Å². The first-order valence-corrected chi connectivity index (χ1v) is 12.8. The van der Waals surface area contributed by atoms with Crippen molar-refractivity contribution in [3.63, 3.8) is 0 Å². The van der Waals surface area contributed by atoms with Crippen LogP contribution in [0, 0.1) is 20.8 Å². The van der Waals surface area contributed by atoms with Crippen molar-refractivity contribution in [2.45, 2.75) is 46.6 Å². The normalized spacial score (nSPS) is 17.5. The highest BCUT2D eigenvalue weighted by atomic mass is 32.1. The van der Waals surface area contributed by atoms with Crippen LogP contribution in [0.3, 0.4) is 0 Å². The van der Waals surface area contributed by atoms with Crippen molar-refractivity contribution in [2.75, 3.05) is 4.90 Å². The largest absolute Gasteiger partial charge is 0.507 e. The summed E-state index contributed by atoms with van der Waals surface area (Å²) in [7, 11) is 0. The molecular weight excluding hydrogens is 468 g/mol. The van der Waals surface area contributed by atoms with Crippen LogP contribution < -0.4 is 4.90 Å². The van der Waals surface area contributed by atoms with Crippen molar-refractivity contribution in [2.24, 2.45) is 0 Å². The van der Waals surface area contributed by atoms with Crippen LogP contribution >= 0.6 is 11.3 Å². The third kappa shape index (κ3) is 4.01. The Bertz CT molecular complexity index is 1560. The zero-order valence-corrected chi connectivity index (χ0v) is 21.8. The maximum atomic E-state index is 13.5. The Hall–Kier alpha value is -3.77. The lowest BCUT2D eigenvalue weighted by atomic mass is 9.93. The fraction of sp³-hybridized carbons (Fsp3) is 0.233. The second-order valence-electron chi connectivity index (χ2n) is 9.78. The highest BCUT2D eigenvalue weighted by molar-refractivity contribution is 7.22. The molecule has 1 saturated heterocycles. The van der Waals surface area contributed by atoms with E-state index in [0.717, 1.165) is 32.5 Å². The molecule has 6 heteroatoms. The molecule has 1 amide bonds. The van der Waals surface area contributed by atoms with Gasteiger partial charge >= 0.3 is 5.91 Å². The third-order valence-electron chi connectivity index (χ3n) is 6.72. The third-order valence-corrected chi connectivity index (χ3v) is 7.74. The number of aliphatic hydroxyl groups is 1. The van der Waals surface area contributed by atoms with Crippen molar-refractivity contribution >= 4 is 44.1 Å². The van der Waals surface area contributed by atoms with E-state index in [-0.39, 0.29) is 11.3 Å². The van der Waals surface area contributed by atoms with E-state index in [9.17, 15) is 14.7 Å². The molecule has 5 nitrogen and oxygen atoms in total. The first kappa shape index (κ1) is 23.9. The van der Waals surface area contributed by atoms with Crippen molar-refractivity contribution in [1.82, 2.24) is 4.98 Å². The van der Waals surface area contributed by atoms with Crippen molar-refractivity contribution in [1.29, 1.82) is 0 Å². The molecular formula is C30H28N2O3S. The Morgan fingerprint density at radius 2 is 1.72 bits per heavy atom. The Morgan fingerprint density at radius 3 is 2.44 bits per heavy atom. The van der Waals surface area contributed by atoms with Crippen LogP contribution in [0.2, 0.25) is 0 Å². The summed E-state index contributed by atoms with van der Waals surface area (Å²) in [5, 5.41) is 11.9. The molecule has 1 aromatic heterocycles. The number of rotatable bonds is 4. The number of hydrogen-bond donors (Lipinski definition) is 1. The van der Waals surface area contributed by atoms with Gasteiger partial charge in [0.1, 0.15) is 5.76 Å². The first-order chi connectivity index (χ1) is 17.2. The van der Waals surface area contributed by atoms with E-state index in [1.165, 1.54) is 21.8 Å². The molecule has 3 aromatic carbocycles. The average Bonchev–Trinajstić information content (AvgIpc) is 3.38. The number of ketones is 1. The van der Waals surface area contributed by atoms with Gasteiger partial charge in [-0.3, -0.25) is 14.5 Å². The van der Waals surface area contributed by atoms with E-state index in [0.29, 0.717) is 16.6 Å². The standard InChI is InChI=1S/C30H28N2O3S/c1-16(2)20-11-12-23-24(15-20)36-30(31-23)32-26(21-8-6-7-17(3)13-21)25(28(34)29(32)35)27(33)22-14-18(4)9-10-19(22)5/h6-16,26,33H,1-5H3/b27-25+. The fourth-order valence-corrected chi connectivity index (χ4v) is 5.75. The van der Waals surface area contributed by atoms with Crippen LogP contribution in [-0.2, 0) is 9.59 Å². The quantitative estimate of drug-likeness (QED) is 0.188. The van der Waals surface area contributed by atoms with E-state index in [1.807, 2.05) is 75.4 Å². The molecule has 182 valence electrons. The molecule has 1 fully saturated rings. The van der Waals surface area contributed by atoms with Gasteiger partial charge in [0.2, 0.25) is 0 Å². The van der Waals surface area contributed by atoms with Crippen LogP contribution in [0.5, 0.6) is 0 Å². The lowest BCUT2D eigenvalue weighted by molar-refractivity contribution is -0.132. The molecule has 5 rings (SSSR count). The summed E-state index contributed by atoms with van der Waals surface area (Å²) in [5.41, 5.74) is 6.13. The number of carbonyl (C=O) groups excluding carboxylic acids is 2. The summed E-state index contributed by atoms with van der Waals surface area (Å²) in [5.74, 6) is -1.19. The molecule has 1 N–H and O–H groups in total. The smallest absolute Gasteiger partial charge is 0.301 e. The molecule has 0 aliphatic carbocycles. The second-order valence-corrected chi connectivity index (χ2v) is 10.8. The van der Waals surface area contributed by atoms with E-state index in [2.05, 4.69) is 19.9 Å². The number of nitrogens with zero attached hydrogens (tertiary/aromatic N) is 2. The molecule has 1 unspecified atom stereocenters. The van der Waals surface area contributed by atoms with E-state index < -0.39 is 17.7 Å². The number of carbonyl (C=O) groups is 2. The van der Waals surface area contributed by atoms with Gasteiger partial charge in [-0.1, -0.05) is 78.8 Å². The number of benzene rings is 3. The number of Topliss-reactive ketones (excluding diaryl/α,β-unsaturated/α-hetero) is 1. The molecule has 36 heavy (non-hydrogen) atoms. The minimum absolute atomic E-state index is 0.0847. The molecule has 2 heterocycles. The van der Waals surface area contributed by atoms with Gasteiger partial charge in [0, 0.05) is 5.56 Å². The molecule has 0 saturated carbocycles. The van der Waals surface area contributed by atoms with Crippen molar-refractivity contribution in [3.8, 4) is 0 Å². The summed E-state index contributed by atoms with van der Waals surface area (Å²) in [6, 6.07) is 18.7. The lowest BCUT2D eigenvalue weighted by Gasteiger charge is -2.23. The Kier molecular flexibility index (Phi) is 6.00. The van der Waals surface area contributed by atoms with Crippen LogP contribution in [0.15, 0.2) is 66.2 Å². The number of aliphatic hydroxyl groups excluding tert-OH is 1. The van der Waals surface area contributed by atoms with E-state index in [4.69, 9.17) is 4.98 Å². The predicted octanol–water partition coefficient (Wildman–Crippen LogP) is 6.97. The average molecular weight is 497 g/mol. The fourth-order valence-electron chi connectivity index (χ4n) is 4.71. The van der Waals surface area contributed by atoms with Crippen LogP contribution in [0.4, 0.5) is 5.13 Å². The van der Waals surface area contributed by atoms with Gasteiger partial charge in [0.15, 0.2) is 5.13 Å². The van der Waals surface area contributed by atoms with Gasteiger partial charge in [-0.15, -0.1) is 0 Å². The van der Waals surface area contributed by atoms with Gasteiger partial charge in [0.25, 0.3) is 5.78 Å². The molecule has 1 aliphatic heterocycles. The Balaban J connectivity index is 1.74. The van der Waals surface area contributed by atoms with Gasteiger partial charge in [-0.25, -0.2) is 4.98 Å². The Morgan fingerprint density at radius 1 is 0.972 bits per heavy atom. The summed E-state index contributed by atoms with van der Waals surface area (Å²) < 4.78 is 0.954. The highest BCUT2D eigenvalue weighted by Gasteiger charge is 2.48. The summed E-state index contributed by atoms with van der Waals surface area (Å²) >= 11 is 1.39. The van der Waals surface area contributed by atoms with Crippen LogP contribution in [0.25, 0.3) is 16.0 Å². The number of hydrogen-bond acceptors (Lipinski definition) is 5.